The minimum Gasteiger partial charge on any atom is -0.349 e. The number of fused-ring (bicyclic) bond motifs is 1. The second kappa shape index (κ2) is 6.73. The van der Waals surface area contributed by atoms with Crippen molar-refractivity contribution in [1.29, 1.82) is 0 Å². The first-order valence-electron chi connectivity index (χ1n) is 7.96. The zero-order chi connectivity index (χ0) is 16.4. The topological polar surface area (TPSA) is 55.1 Å². The molecular weight excluding hydrogens is 308 g/mol. The van der Waals surface area contributed by atoms with E-state index in [4.69, 9.17) is 17.3 Å². The molecule has 120 valence electrons. The lowest BCUT2D eigenvalue weighted by atomic mass is 9.94. The van der Waals surface area contributed by atoms with Crippen molar-refractivity contribution in [3.63, 3.8) is 0 Å². The molecule has 1 aliphatic rings. The fourth-order valence-corrected chi connectivity index (χ4v) is 3.47. The van der Waals surface area contributed by atoms with Gasteiger partial charge in [-0.15, -0.1) is 0 Å². The Kier molecular flexibility index (Phi) is 4.69. The van der Waals surface area contributed by atoms with Crippen LogP contribution in [0.15, 0.2) is 48.5 Å². The van der Waals surface area contributed by atoms with Crippen LogP contribution in [0.5, 0.6) is 0 Å². The van der Waals surface area contributed by atoms with Crippen LogP contribution in [0.4, 0.5) is 0 Å². The maximum atomic E-state index is 12.6. The van der Waals surface area contributed by atoms with Crippen LogP contribution in [-0.4, -0.2) is 5.91 Å². The lowest BCUT2D eigenvalue weighted by Gasteiger charge is -2.22. The van der Waals surface area contributed by atoms with E-state index in [9.17, 15) is 4.79 Å². The van der Waals surface area contributed by atoms with Crippen LogP contribution in [0.3, 0.4) is 0 Å². The van der Waals surface area contributed by atoms with Crippen LogP contribution in [0, 0.1) is 5.92 Å². The third kappa shape index (κ3) is 3.26. The van der Waals surface area contributed by atoms with E-state index < -0.39 is 0 Å². The maximum absolute atomic E-state index is 12.6. The lowest BCUT2D eigenvalue weighted by Crippen LogP contribution is -2.37. The fraction of sp³-hybridized carbons (Fsp3) is 0.316. The average Bonchev–Trinajstić information content (AvgIpc) is 2.98. The summed E-state index contributed by atoms with van der Waals surface area (Å²) in [5.41, 5.74) is 9.51. The van der Waals surface area contributed by atoms with Gasteiger partial charge < -0.3 is 11.1 Å². The molecule has 1 aliphatic carbocycles. The van der Waals surface area contributed by atoms with E-state index in [-0.39, 0.29) is 23.9 Å². The number of hydrogen-bond donors (Lipinski definition) is 2. The van der Waals surface area contributed by atoms with Gasteiger partial charge in [0.2, 0.25) is 5.91 Å². The van der Waals surface area contributed by atoms with Crippen molar-refractivity contribution >= 4 is 17.5 Å². The van der Waals surface area contributed by atoms with E-state index in [1.807, 2.05) is 55.5 Å². The van der Waals surface area contributed by atoms with Crippen LogP contribution < -0.4 is 11.1 Å². The van der Waals surface area contributed by atoms with Gasteiger partial charge in [-0.1, -0.05) is 61.0 Å². The van der Waals surface area contributed by atoms with Gasteiger partial charge in [-0.3, -0.25) is 4.79 Å². The van der Waals surface area contributed by atoms with E-state index in [0.717, 1.165) is 34.6 Å². The number of carbonyl (C=O) groups is 1. The summed E-state index contributed by atoms with van der Waals surface area (Å²) in [6, 6.07) is 15.3. The van der Waals surface area contributed by atoms with Crippen LogP contribution >= 0.6 is 11.6 Å². The molecule has 0 heterocycles. The summed E-state index contributed by atoms with van der Waals surface area (Å²) in [5.74, 6) is -0.306. The molecule has 0 aliphatic heterocycles. The molecule has 0 radical (unpaired) electrons. The molecule has 1 amide bonds. The van der Waals surface area contributed by atoms with Gasteiger partial charge in [0, 0.05) is 11.1 Å². The normalized spacial score (nSPS) is 19.0. The number of nitrogens with one attached hydrogen (secondary N) is 1. The van der Waals surface area contributed by atoms with Gasteiger partial charge in [-0.05, 0) is 35.6 Å². The molecule has 0 spiro atoms. The summed E-state index contributed by atoms with van der Waals surface area (Å²) in [5, 5.41) is 3.92. The Hall–Kier alpha value is -1.84. The summed E-state index contributed by atoms with van der Waals surface area (Å²) in [7, 11) is 0. The Bertz CT molecular complexity index is 702. The first-order valence-corrected chi connectivity index (χ1v) is 8.34. The van der Waals surface area contributed by atoms with Gasteiger partial charge in [0.1, 0.15) is 0 Å². The number of carbonyl (C=O) groups excluding carboxylic acids is 1. The van der Waals surface area contributed by atoms with Crippen molar-refractivity contribution in [1.82, 2.24) is 5.32 Å². The third-order valence-electron chi connectivity index (χ3n) is 4.67. The van der Waals surface area contributed by atoms with Crippen molar-refractivity contribution in [2.75, 3.05) is 0 Å². The molecule has 3 rings (SSSR count). The minimum absolute atomic E-state index is 0.0146. The molecule has 3 atom stereocenters. The van der Waals surface area contributed by atoms with Crippen molar-refractivity contribution in [3.8, 4) is 0 Å². The minimum atomic E-state index is -0.309. The van der Waals surface area contributed by atoms with E-state index in [1.54, 1.807) is 0 Å². The highest BCUT2D eigenvalue weighted by atomic mass is 35.5. The van der Waals surface area contributed by atoms with Gasteiger partial charge in [-0.25, -0.2) is 0 Å². The zero-order valence-corrected chi connectivity index (χ0v) is 13.9. The summed E-state index contributed by atoms with van der Waals surface area (Å²) in [6.07, 6.45) is 1.79. The maximum Gasteiger partial charge on any atom is 0.225 e. The molecule has 4 heteroatoms. The Morgan fingerprint density at radius 1 is 1.22 bits per heavy atom. The standard InChI is InChI=1S/C19H21ClN2O/c1-12(18(21)13-6-3-2-4-7-13)19(23)22-17-11-10-14-15(17)8-5-9-16(14)20/h2-9,12,17-18H,10-11,21H2,1H3,(H,22,23). The molecular formula is C19H21ClN2O. The summed E-state index contributed by atoms with van der Waals surface area (Å²) in [6.45, 7) is 1.88. The zero-order valence-electron chi connectivity index (χ0n) is 13.1. The molecule has 0 fully saturated rings. The van der Waals surface area contributed by atoms with E-state index in [1.165, 1.54) is 0 Å². The van der Waals surface area contributed by atoms with Crippen molar-refractivity contribution in [2.24, 2.45) is 11.7 Å². The number of rotatable bonds is 4. The van der Waals surface area contributed by atoms with Crippen LogP contribution in [0.25, 0.3) is 0 Å². The average molecular weight is 329 g/mol. The Morgan fingerprint density at radius 3 is 2.70 bits per heavy atom. The van der Waals surface area contributed by atoms with E-state index >= 15 is 0 Å². The molecule has 2 aromatic carbocycles. The van der Waals surface area contributed by atoms with Crippen LogP contribution in [0.1, 0.15) is 42.1 Å². The van der Waals surface area contributed by atoms with E-state index in [2.05, 4.69) is 5.32 Å². The first kappa shape index (κ1) is 16.0. The van der Waals surface area contributed by atoms with Crippen LogP contribution in [0.2, 0.25) is 5.02 Å². The molecule has 2 aromatic rings. The number of hydrogen-bond acceptors (Lipinski definition) is 2. The number of amides is 1. The highest BCUT2D eigenvalue weighted by molar-refractivity contribution is 6.31. The second-order valence-corrected chi connectivity index (χ2v) is 6.54. The highest BCUT2D eigenvalue weighted by Gasteiger charge is 2.29. The van der Waals surface area contributed by atoms with Gasteiger partial charge >= 0.3 is 0 Å². The third-order valence-corrected chi connectivity index (χ3v) is 5.02. The molecule has 3 N–H and O–H groups in total. The molecule has 0 saturated heterocycles. The number of benzene rings is 2. The molecule has 0 saturated carbocycles. The number of nitrogens with two attached hydrogens (primary N) is 1. The summed E-state index contributed by atoms with van der Waals surface area (Å²) in [4.78, 5) is 12.6. The second-order valence-electron chi connectivity index (χ2n) is 6.13. The van der Waals surface area contributed by atoms with Crippen LogP contribution in [-0.2, 0) is 11.2 Å². The Labute approximate surface area is 141 Å². The molecule has 3 nitrogen and oxygen atoms in total. The van der Waals surface area contributed by atoms with Crippen molar-refractivity contribution < 1.29 is 4.79 Å². The van der Waals surface area contributed by atoms with Gasteiger partial charge in [-0.2, -0.15) is 0 Å². The van der Waals surface area contributed by atoms with Gasteiger partial charge in [0.25, 0.3) is 0 Å². The van der Waals surface area contributed by atoms with Gasteiger partial charge in [0.05, 0.1) is 12.0 Å². The predicted octanol–water partition coefficient (Wildman–Crippen LogP) is 3.78. The Balaban J connectivity index is 1.70. The largest absolute Gasteiger partial charge is 0.349 e. The van der Waals surface area contributed by atoms with Crippen molar-refractivity contribution in [3.05, 3.63) is 70.2 Å². The first-order chi connectivity index (χ1) is 11.1. The predicted molar refractivity (Wildman–Crippen MR) is 93.2 cm³/mol. The lowest BCUT2D eigenvalue weighted by molar-refractivity contribution is -0.125. The quantitative estimate of drug-likeness (QED) is 0.897. The monoisotopic (exact) mass is 328 g/mol. The number of halogens is 1. The molecule has 0 aromatic heterocycles. The Morgan fingerprint density at radius 2 is 1.96 bits per heavy atom. The molecule has 23 heavy (non-hydrogen) atoms. The smallest absolute Gasteiger partial charge is 0.225 e. The highest BCUT2D eigenvalue weighted by Crippen LogP contribution is 2.35. The van der Waals surface area contributed by atoms with Crippen molar-refractivity contribution in [2.45, 2.75) is 31.8 Å². The summed E-state index contributed by atoms with van der Waals surface area (Å²) >= 11 is 6.23. The van der Waals surface area contributed by atoms with E-state index in [0.29, 0.717) is 0 Å². The summed E-state index contributed by atoms with van der Waals surface area (Å²) < 4.78 is 0. The SMILES string of the molecule is CC(C(=O)NC1CCc2c(Cl)cccc21)C(N)c1ccccc1. The van der Waals surface area contributed by atoms with Gasteiger partial charge in [0.15, 0.2) is 0 Å². The molecule has 0 bridgehead atoms. The fourth-order valence-electron chi connectivity index (χ4n) is 3.19. The molecule has 3 unspecified atom stereocenters.